The number of urea groups is 1. The Bertz CT molecular complexity index is 1410. The molecule has 1 aromatic heterocycles. The molecule has 9 nitrogen and oxygen atoms in total. The second-order valence-corrected chi connectivity index (χ2v) is 12.4. The van der Waals surface area contributed by atoms with Crippen LogP contribution in [-0.2, 0) is 4.74 Å². The first-order valence-corrected chi connectivity index (χ1v) is 15.5. The molecule has 3 aromatic rings. The Morgan fingerprint density at radius 1 is 1.26 bits per heavy atom. The van der Waals surface area contributed by atoms with Crippen molar-refractivity contribution in [2.75, 3.05) is 38.2 Å². The number of fused-ring (bicyclic) bond motifs is 2. The molecule has 5 rings (SSSR count). The van der Waals surface area contributed by atoms with E-state index in [2.05, 4.69) is 15.2 Å². The van der Waals surface area contributed by atoms with E-state index in [9.17, 15) is 9.90 Å². The lowest BCUT2D eigenvalue weighted by atomic mass is 9.93. The van der Waals surface area contributed by atoms with Gasteiger partial charge in [-0.1, -0.05) is 34.6 Å². The first-order valence-electron chi connectivity index (χ1n) is 14.7. The zero-order valence-electron chi connectivity index (χ0n) is 25.2. The summed E-state index contributed by atoms with van der Waals surface area (Å²) in [4.78, 5) is 23.3. The van der Waals surface area contributed by atoms with Crippen molar-refractivity contribution in [2.24, 2.45) is 22.1 Å². The maximum atomic E-state index is 12.2. The molecule has 0 bridgehead atoms. The maximum absolute atomic E-state index is 12.2. The van der Waals surface area contributed by atoms with Crippen LogP contribution < -0.4 is 15.8 Å². The van der Waals surface area contributed by atoms with E-state index in [0.29, 0.717) is 24.3 Å². The van der Waals surface area contributed by atoms with Gasteiger partial charge in [-0.15, -0.1) is 11.3 Å². The van der Waals surface area contributed by atoms with E-state index in [1.54, 1.807) is 23.5 Å². The van der Waals surface area contributed by atoms with Gasteiger partial charge in [0.1, 0.15) is 29.0 Å². The molecule has 230 valence electrons. The van der Waals surface area contributed by atoms with E-state index in [4.69, 9.17) is 20.2 Å². The summed E-state index contributed by atoms with van der Waals surface area (Å²) in [5.41, 5.74) is 7.72. The number of amides is 2. The smallest absolute Gasteiger partial charge is 0.347 e. The molecule has 2 saturated heterocycles. The molecule has 0 spiro atoms. The Hall–Kier alpha value is -3.47. The van der Waals surface area contributed by atoms with Gasteiger partial charge in [0.15, 0.2) is 0 Å². The molecule has 2 atom stereocenters. The lowest BCUT2D eigenvalue weighted by Gasteiger charge is -2.24. The number of aliphatic hydroxyl groups excluding tert-OH is 1. The number of allylic oxidation sites excluding steroid dienone is 1. The molecule has 0 aliphatic carbocycles. The van der Waals surface area contributed by atoms with Crippen molar-refractivity contribution in [2.45, 2.75) is 53.6 Å². The number of rotatable bonds is 7. The van der Waals surface area contributed by atoms with Crippen molar-refractivity contribution >= 4 is 39.1 Å². The first kappa shape index (κ1) is 31.5. The van der Waals surface area contributed by atoms with Gasteiger partial charge in [-0.3, -0.25) is 4.90 Å². The fourth-order valence-corrected chi connectivity index (χ4v) is 5.87. The second kappa shape index (κ2) is 14.1. The number of carbonyl (C=O) groups excluding carboxylic acids is 1. The van der Waals surface area contributed by atoms with Gasteiger partial charge >= 0.3 is 6.03 Å². The summed E-state index contributed by atoms with van der Waals surface area (Å²) < 4.78 is 13.1. The van der Waals surface area contributed by atoms with Crippen LogP contribution in [0.15, 0.2) is 59.3 Å². The van der Waals surface area contributed by atoms with Crippen LogP contribution in [0.1, 0.15) is 50.3 Å². The minimum Gasteiger partial charge on any atom is -0.512 e. The molecule has 2 fully saturated rings. The van der Waals surface area contributed by atoms with Crippen molar-refractivity contribution in [3.05, 3.63) is 54.3 Å². The number of nitrogens with two attached hydrogens (primary N) is 1. The Labute approximate surface area is 255 Å². The van der Waals surface area contributed by atoms with Gasteiger partial charge in [-0.05, 0) is 55.2 Å². The lowest BCUT2D eigenvalue weighted by molar-refractivity contribution is -0.00122. The van der Waals surface area contributed by atoms with Gasteiger partial charge < -0.3 is 25.6 Å². The second-order valence-electron chi connectivity index (χ2n) is 11.4. The van der Waals surface area contributed by atoms with Crippen molar-refractivity contribution in [1.29, 1.82) is 0 Å². The summed E-state index contributed by atoms with van der Waals surface area (Å²) >= 11 is 1.61. The fraction of sp³-hybridized carbons (Fsp3) is 0.469. The molecule has 2 aliphatic rings. The van der Waals surface area contributed by atoms with E-state index < -0.39 is 11.4 Å². The predicted molar refractivity (Wildman–Crippen MR) is 176 cm³/mol. The number of aromatic nitrogens is 1. The van der Waals surface area contributed by atoms with Crippen molar-refractivity contribution in [3.63, 3.8) is 0 Å². The molecule has 2 unspecified atom stereocenters. The van der Waals surface area contributed by atoms with E-state index in [0.717, 1.165) is 52.8 Å². The minimum absolute atomic E-state index is 0. The van der Waals surface area contributed by atoms with Crippen LogP contribution >= 0.6 is 11.3 Å². The number of thiazole rings is 1. The van der Waals surface area contributed by atoms with Crippen LogP contribution in [0.2, 0.25) is 0 Å². The van der Waals surface area contributed by atoms with Gasteiger partial charge in [0.05, 0.1) is 16.3 Å². The van der Waals surface area contributed by atoms with Gasteiger partial charge in [0.2, 0.25) is 0 Å². The average molecular weight is 598 g/mol. The predicted octanol–water partition coefficient (Wildman–Crippen LogP) is 7.35. The van der Waals surface area contributed by atoms with E-state index >= 15 is 0 Å². The van der Waals surface area contributed by atoms with Gasteiger partial charge in [0, 0.05) is 57.9 Å². The number of likely N-dealkylation sites (tertiary alicyclic amines) is 1. The topological polar surface area (TPSA) is 122 Å². The highest BCUT2D eigenvalue weighted by Crippen LogP contribution is 2.33. The fourth-order valence-electron chi connectivity index (χ4n) is 4.92. The molecule has 10 heteroatoms. The number of anilines is 1. The molecule has 42 heavy (non-hydrogen) atoms. The molecule has 4 N–H and O–H groups in total. The highest BCUT2D eigenvalue weighted by Gasteiger charge is 2.35. The Morgan fingerprint density at radius 2 is 2.02 bits per heavy atom. The van der Waals surface area contributed by atoms with Crippen LogP contribution in [0.4, 0.5) is 10.5 Å². The Morgan fingerprint density at radius 3 is 2.74 bits per heavy atom. The van der Waals surface area contributed by atoms with E-state index in [-0.39, 0.29) is 14.4 Å². The molecule has 2 aromatic carbocycles. The van der Waals surface area contributed by atoms with Gasteiger partial charge in [-0.25, -0.2) is 9.78 Å². The molecule has 2 aliphatic heterocycles. The molecule has 0 saturated carbocycles. The summed E-state index contributed by atoms with van der Waals surface area (Å²) in [6, 6.07) is 12.8. The van der Waals surface area contributed by atoms with E-state index in [1.165, 1.54) is 18.9 Å². The standard InChI is InChI=1S/C30H37N5O4S.C2H6.2H2/c1-30(2,3)26(36)16-27(31)34-29(37)32-21-8-6-19(7-9-21)28-33-23-15-22(10-11-25(23)40-28)38-14-12-35-17-20-5-4-13-39-24(20)18-35;1-2;;/h6-11,15-16,20,24,36H,4-5,12-14,17-18H2,1-3H3,(H3,31,32,34,37);1-2H3;2*1H/b26-16-;;;. The summed E-state index contributed by atoms with van der Waals surface area (Å²) in [6.45, 7) is 14.0. The molecular formula is C32H47N5O4S. The quantitative estimate of drug-likeness (QED) is 0.148. The van der Waals surface area contributed by atoms with E-state index in [1.807, 2.05) is 65.0 Å². The summed E-state index contributed by atoms with van der Waals surface area (Å²) in [7, 11) is 0. The third-order valence-electron chi connectivity index (χ3n) is 7.21. The zero-order chi connectivity index (χ0) is 30.3. The number of hydrogen-bond acceptors (Lipinski definition) is 7. The number of ether oxygens (including phenoxy) is 2. The lowest BCUT2D eigenvalue weighted by Crippen LogP contribution is -2.29. The monoisotopic (exact) mass is 597 g/mol. The van der Waals surface area contributed by atoms with Gasteiger partial charge in [-0.2, -0.15) is 4.99 Å². The summed E-state index contributed by atoms with van der Waals surface area (Å²) in [5.74, 6) is 1.48. The number of hydrogen-bond donors (Lipinski definition) is 3. The van der Waals surface area contributed by atoms with Crippen LogP contribution in [0, 0.1) is 11.3 Å². The number of amidine groups is 1. The molecule has 0 radical (unpaired) electrons. The molecular weight excluding hydrogens is 550 g/mol. The van der Waals surface area contributed by atoms with Crippen molar-refractivity contribution < 1.29 is 22.2 Å². The number of benzene rings is 2. The number of carbonyl (C=O) groups is 1. The van der Waals surface area contributed by atoms with Crippen LogP contribution in [0.5, 0.6) is 5.75 Å². The highest BCUT2D eigenvalue weighted by atomic mass is 32.1. The molecule has 3 heterocycles. The normalized spacial score (nSPS) is 19.6. The van der Waals surface area contributed by atoms with Crippen molar-refractivity contribution in [1.82, 2.24) is 9.88 Å². The molecule has 2 amide bonds. The summed E-state index contributed by atoms with van der Waals surface area (Å²) in [5, 5.41) is 13.6. The van der Waals surface area contributed by atoms with Crippen LogP contribution in [-0.4, -0.2) is 65.8 Å². The summed E-state index contributed by atoms with van der Waals surface area (Å²) in [6.07, 6.45) is 4.14. The maximum Gasteiger partial charge on any atom is 0.347 e. The van der Waals surface area contributed by atoms with Crippen LogP contribution in [0.25, 0.3) is 20.8 Å². The van der Waals surface area contributed by atoms with Crippen LogP contribution in [0.3, 0.4) is 0 Å². The number of nitrogens with one attached hydrogen (secondary N) is 1. The largest absolute Gasteiger partial charge is 0.512 e. The average Bonchev–Trinajstić information content (AvgIpc) is 3.57. The number of nitrogens with zero attached hydrogens (tertiary/aromatic N) is 3. The Kier molecular flexibility index (Phi) is 10.6. The third-order valence-corrected chi connectivity index (χ3v) is 8.30. The minimum atomic E-state index is -0.618. The number of aliphatic imine (C=N–C) groups is 1. The van der Waals surface area contributed by atoms with Crippen molar-refractivity contribution in [3.8, 4) is 16.3 Å². The first-order chi connectivity index (χ1) is 20.1. The van der Waals surface area contributed by atoms with Gasteiger partial charge in [0.25, 0.3) is 0 Å². The number of aliphatic hydroxyl groups is 1. The third kappa shape index (κ3) is 8.30. The Balaban J connectivity index is 0.00000165. The SMILES string of the molecule is CC.CC(C)(C)/C(O)=C/C(N)=N/C(=O)Nc1ccc(-c2nc3cc(OCCN4CC5CCCOC5C4)ccc3s2)cc1.[HH].[HH]. The zero-order valence-corrected chi connectivity index (χ0v) is 26.0. The highest BCUT2D eigenvalue weighted by molar-refractivity contribution is 7.21.